The van der Waals surface area contributed by atoms with Crippen molar-refractivity contribution in [3.8, 4) is 0 Å². The number of rotatable bonds is 8. The summed E-state index contributed by atoms with van der Waals surface area (Å²) in [6, 6.07) is 8.99. The van der Waals surface area contributed by atoms with Gasteiger partial charge in [-0.05, 0) is 43.3 Å². The first-order chi connectivity index (χ1) is 13.8. The molecule has 154 valence electrons. The highest BCUT2D eigenvalue weighted by molar-refractivity contribution is 7.12. The van der Waals surface area contributed by atoms with Crippen LogP contribution in [0.3, 0.4) is 0 Å². The number of carbonyl (C=O) groups excluding carboxylic acids is 4. The summed E-state index contributed by atoms with van der Waals surface area (Å²) in [6.45, 7) is 4.50. The average Bonchev–Trinajstić information content (AvgIpc) is 3.22. The Morgan fingerprint density at radius 2 is 1.69 bits per heavy atom. The minimum absolute atomic E-state index is 0.271. The second-order valence-corrected chi connectivity index (χ2v) is 7.27. The predicted molar refractivity (Wildman–Crippen MR) is 110 cm³/mol. The van der Waals surface area contributed by atoms with Crippen molar-refractivity contribution in [1.29, 1.82) is 0 Å². The van der Waals surface area contributed by atoms with Gasteiger partial charge in [0.15, 0.2) is 6.10 Å². The minimum Gasteiger partial charge on any atom is -0.451 e. The Morgan fingerprint density at radius 3 is 2.31 bits per heavy atom. The lowest BCUT2D eigenvalue weighted by molar-refractivity contribution is -0.152. The van der Waals surface area contributed by atoms with Crippen molar-refractivity contribution >= 4 is 40.7 Å². The Morgan fingerprint density at radius 1 is 1.00 bits per heavy atom. The maximum Gasteiger partial charge on any atom is 0.326 e. The first-order valence-electron chi connectivity index (χ1n) is 8.93. The van der Waals surface area contributed by atoms with Crippen LogP contribution in [-0.2, 0) is 19.1 Å². The van der Waals surface area contributed by atoms with Crippen molar-refractivity contribution in [2.75, 3.05) is 18.4 Å². The summed E-state index contributed by atoms with van der Waals surface area (Å²) >= 11 is 1.26. The third-order valence-electron chi connectivity index (χ3n) is 3.99. The van der Waals surface area contributed by atoms with Crippen LogP contribution in [0.15, 0.2) is 35.7 Å². The van der Waals surface area contributed by atoms with Gasteiger partial charge in [0.05, 0.1) is 11.4 Å². The number of anilines is 1. The largest absolute Gasteiger partial charge is 0.451 e. The van der Waals surface area contributed by atoms with E-state index in [-0.39, 0.29) is 12.5 Å². The number of hydrogen-bond donors (Lipinski definition) is 3. The van der Waals surface area contributed by atoms with Crippen LogP contribution in [0.5, 0.6) is 0 Å². The Labute approximate surface area is 172 Å². The first kappa shape index (κ1) is 22.1. The van der Waals surface area contributed by atoms with E-state index in [2.05, 4.69) is 16.0 Å². The molecule has 9 heteroatoms. The van der Waals surface area contributed by atoms with Gasteiger partial charge >= 0.3 is 5.97 Å². The van der Waals surface area contributed by atoms with Crippen LogP contribution in [0.4, 0.5) is 5.69 Å². The number of thiophene rings is 1. The third kappa shape index (κ3) is 6.72. The topological polar surface area (TPSA) is 114 Å². The smallest absolute Gasteiger partial charge is 0.326 e. The SMILES string of the molecule is Cc1cccc(C)c1NC(=O)[C@@H](C)OC(=O)CNC(=O)CNC(=O)c1cccs1. The van der Waals surface area contributed by atoms with E-state index in [9.17, 15) is 19.2 Å². The molecule has 2 rings (SSSR count). The molecular formula is C20H23N3O5S. The van der Waals surface area contributed by atoms with Crippen LogP contribution in [0.1, 0.15) is 27.7 Å². The number of aryl methyl sites for hydroxylation is 2. The van der Waals surface area contributed by atoms with Crippen molar-refractivity contribution in [1.82, 2.24) is 10.6 Å². The van der Waals surface area contributed by atoms with E-state index in [1.54, 1.807) is 17.5 Å². The Hall–Kier alpha value is -3.20. The van der Waals surface area contributed by atoms with E-state index in [0.29, 0.717) is 10.6 Å². The highest BCUT2D eigenvalue weighted by atomic mass is 32.1. The van der Waals surface area contributed by atoms with Crippen LogP contribution in [0, 0.1) is 13.8 Å². The third-order valence-corrected chi connectivity index (χ3v) is 4.86. The summed E-state index contributed by atoms with van der Waals surface area (Å²) < 4.78 is 5.05. The highest BCUT2D eigenvalue weighted by Crippen LogP contribution is 2.19. The fourth-order valence-corrected chi connectivity index (χ4v) is 3.06. The number of esters is 1. The van der Waals surface area contributed by atoms with Gasteiger partial charge in [-0.15, -0.1) is 11.3 Å². The van der Waals surface area contributed by atoms with E-state index >= 15 is 0 Å². The van der Waals surface area contributed by atoms with Crippen LogP contribution in [0.25, 0.3) is 0 Å². The molecule has 0 saturated heterocycles. The van der Waals surface area contributed by atoms with Crippen molar-refractivity contribution in [2.24, 2.45) is 0 Å². The molecule has 0 saturated carbocycles. The number of hydrogen-bond acceptors (Lipinski definition) is 6. The molecule has 0 aliphatic rings. The zero-order chi connectivity index (χ0) is 21.4. The summed E-state index contributed by atoms with van der Waals surface area (Å²) in [4.78, 5) is 48.1. The van der Waals surface area contributed by atoms with Gasteiger partial charge in [-0.2, -0.15) is 0 Å². The van der Waals surface area contributed by atoms with Gasteiger partial charge in [0.2, 0.25) is 5.91 Å². The van der Waals surface area contributed by atoms with Gasteiger partial charge in [-0.3, -0.25) is 19.2 Å². The molecular weight excluding hydrogens is 394 g/mol. The standard InChI is InChI=1S/C20H23N3O5S/c1-12-6-4-7-13(2)18(12)23-19(26)14(3)28-17(25)11-21-16(24)10-22-20(27)15-8-5-9-29-15/h4-9,14H,10-11H2,1-3H3,(H,21,24)(H,22,27)(H,23,26)/t14-/m1/s1. The second kappa shape index (κ2) is 10.4. The summed E-state index contributed by atoms with van der Waals surface area (Å²) in [5, 5.41) is 9.28. The molecule has 0 aliphatic heterocycles. The molecule has 29 heavy (non-hydrogen) atoms. The molecule has 0 radical (unpaired) electrons. The van der Waals surface area contributed by atoms with Crippen LogP contribution >= 0.6 is 11.3 Å². The lowest BCUT2D eigenvalue weighted by atomic mass is 10.1. The van der Waals surface area contributed by atoms with Gasteiger partial charge in [0.1, 0.15) is 6.54 Å². The molecule has 1 aromatic carbocycles. The van der Waals surface area contributed by atoms with E-state index in [1.807, 2.05) is 32.0 Å². The van der Waals surface area contributed by atoms with Crippen molar-refractivity contribution in [3.63, 3.8) is 0 Å². The fraction of sp³-hybridized carbons (Fsp3) is 0.300. The van der Waals surface area contributed by atoms with Crippen LogP contribution in [-0.4, -0.2) is 42.9 Å². The number of amides is 3. The van der Waals surface area contributed by atoms with Gasteiger partial charge in [-0.25, -0.2) is 0 Å². The van der Waals surface area contributed by atoms with Gasteiger partial charge in [0, 0.05) is 5.69 Å². The zero-order valence-corrected chi connectivity index (χ0v) is 17.2. The monoisotopic (exact) mass is 417 g/mol. The number of nitrogens with one attached hydrogen (secondary N) is 3. The van der Waals surface area contributed by atoms with Gasteiger partial charge < -0.3 is 20.7 Å². The highest BCUT2D eigenvalue weighted by Gasteiger charge is 2.19. The molecule has 1 aromatic heterocycles. The Balaban J connectivity index is 1.73. The quantitative estimate of drug-likeness (QED) is 0.567. The lowest BCUT2D eigenvalue weighted by Gasteiger charge is -2.16. The Bertz CT molecular complexity index is 875. The van der Waals surface area contributed by atoms with E-state index in [4.69, 9.17) is 4.74 Å². The Kier molecular flexibility index (Phi) is 7.90. The molecule has 3 amide bonds. The molecule has 0 bridgehead atoms. The minimum atomic E-state index is -1.03. The van der Waals surface area contributed by atoms with Crippen molar-refractivity contribution in [3.05, 3.63) is 51.7 Å². The predicted octanol–water partition coefficient (Wildman–Crippen LogP) is 1.78. The summed E-state index contributed by atoms with van der Waals surface area (Å²) in [7, 11) is 0. The molecule has 8 nitrogen and oxygen atoms in total. The molecule has 1 atom stereocenters. The fourth-order valence-electron chi connectivity index (χ4n) is 2.42. The molecule has 1 heterocycles. The van der Waals surface area contributed by atoms with Gasteiger partial charge in [0.25, 0.3) is 11.8 Å². The zero-order valence-electron chi connectivity index (χ0n) is 16.4. The van der Waals surface area contributed by atoms with Crippen LogP contribution in [0.2, 0.25) is 0 Å². The summed E-state index contributed by atoms with van der Waals surface area (Å²) in [5.74, 6) is -2.13. The number of benzene rings is 1. The lowest BCUT2D eigenvalue weighted by Crippen LogP contribution is -2.40. The number of carbonyl (C=O) groups is 4. The number of ether oxygens (including phenoxy) is 1. The summed E-state index contributed by atoms with van der Waals surface area (Å²) in [6.07, 6.45) is -1.03. The summed E-state index contributed by atoms with van der Waals surface area (Å²) in [5.41, 5.74) is 2.47. The maximum absolute atomic E-state index is 12.3. The molecule has 0 aliphatic carbocycles. The average molecular weight is 417 g/mol. The van der Waals surface area contributed by atoms with E-state index in [1.165, 1.54) is 18.3 Å². The maximum atomic E-state index is 12.3. The van der Waals surface area contributed by atoms with Crippen molar-refractivity contribution < 1.29 is 23.9 Å². The van der Waals surface area contributed by atoms with Crippen molar-refractivity contribution in [2.45, 2.75) is 26.9 Å². The van der Waals surface area contributed by atoms with Crippen LogP contribution < -0.4 is 16.0 Å². The molecule has 3 N–H and O–H groups in total. The molecule has 0 fully saturated rings. The number of para-hydroxylation sites is 1. The van der Waals surface area contributed by atoms with Gasteiger partial charge in [-0.1, -0.05) is 24.3 Å². The second-order valence-electron chi connectivity index (χ2n) is 6.32. The normalized spacial score (nSPS) is 11.3. The molecule has 0 unspecified atom stereocenters. The van der Waals surface area contributed by atoms with E-state index in [0.717, 1.165) is 11.1 Å². The molecule has 2 aromatic rings. The molecule has 0 spiro atoms. The first-order valence-corrected chi connectivity index (χ1v) is 9.81. The van der Waals surface area contributed by atoms with E-state index < -0.39 is 30.4 Å².